The molecule has 2 aromatic rings. The first-order chi connectivity index (χ1) is 13.8. The summed E-state index contributed by atoms with van der Waals surface area (Å²) in [6, 6.07) is 11.2. The van der Waals surface area contributed by atoms with Crippen LogP contribution in [0.15, 0.2) is 52.5 Å². The highest BCUT2D eigenvalue weighted by atomic mass is 32.2. The summed E-state index contributed by atoms with van der Waals surface area (Å²) in [6.45, 7) is 0. The first-order valence-electron chi connectivity index (χ1n) is 8.33. The third-order valence-corrected chi connectivity index (χ3v) is 5.30. The normalized spacial score (nSPS) is 15.5. The van der Waals surface area contributed by atoms with Gasteiger partial charge in [0.05, 0.1) is 16.0 Å². The number of nitro groups is 1. The standard InChI is InChI=1S/C19H16N4O4S2/c1-21(2)14-5-3-12(4-6-14)9-17-18(25)22(19(28)29-17)20-11-13-10-15(23(26)27)7-8-16(13)24/h3-11,24H,1-2H3. The van der Waals surface area contributed by atoms with Gasteiger partial charge in [-0.1, -0.05) is 23.9 Å². The van der Waals surface area contributed by atoms with Crippen molar-refractivity contribution < 1.29 is 14.8 Å². The molecule has 0 aromatic heterocycles. The van der Waals surface area contributed by atoms with Gasteiger partial charge in [-0.05, 0) is 42.1 Å². The second-order valence-corrected chi connectivity index (χ2v) is 7.90. The highest BCUT2D eigenvalue weighted by Crippen LogP contribution is 2.33. The first-order valence-corrected chi connectivity index (χ1v) is 9.55. The lowest BCUT2D eigenvalue weighted by atomic mass is 10.2. The van der Waals surface area contributed by atoms with Crippen molar-refractivity contribution in [2.75, 3.05) is 19.0 Å². The minimum Gasteiger partial charge on any atom is -0.507 e. The van der Waals surface area contributed by atoms with Crippen LogP contribution in [-0.4, -0.2) is 45.6 Å². The molecule has 0 unspecified atom stereocenters. The van der Waals surface area contributed by atoms with Crippen LogP contribution in [0.2, 0.25) is 0 Å². The van der Waals surface area contributed by atoms with Gasteiger partial charge in [-0.25, -0.2) is 0 Å². The number of rotatable bonds is 5. The van der Waals surface area contributed by atoms with Crippen molar-refractivity contribution >= 4 is 57.9 Å². The van der Waals surface area contributed by atoms with E-state index in [4.69, 9.17) is 12.2 Å². The van der Waals surface area contributed by atoms with Crippen molar-refractivity contribution in [2.45, 2.75) is 0 Å². The van der Waals surface area contributed by atoms with E-state index in [-0.39, 0.29) is 21.3 Å². The van der Waals surface area contributed by atoms with E-state index in [9.17, 15) is 20.0 Å². The summed E-state index contributed by atoms with van der Waals surface area (Å²) in [5.74, 6) is -0.598. The average Bonchev–Trinajstić information content (AvgIpc) is 2.94. The number of hydrogen-bond acceptors (Lipinski definition) is 8. The molecule has 1 saturated heterocycles. The number of nitrogens with zero attached hydrogens (tertiary/aromatic N) is 4. The number of hydrogen-bond donors (Lipinski definition) is 1. The van der Waals surface area contributed by atoms with Crippen LogP contribution in [0.25, 0.3) is 6.08 Å². The molecule has 29 heavy (non-hydrogen) atoms. The van der Waals surface area contributed by atoms with Gasteiger partial charge >= 0.3 is 0 Å². The van der Waals surface area contributed by atoms with Gasteiger partial charge in [-0.2, -0.15) is 10.1 Å². The summed E-state index contributed by atoms with van der Waals surface area (Å²) >= 11 is 6.33. The maximum absolute atomic E-state index is 12.6. The van der Waals surface area contributed by atoms with Crippen LogP contribution >= 0.6 is 24.0 Å². The first kappa shape index (κ1) is 20.5. The van der Waals surface area contributed by atoms with Crippen molar-refractivity contribution in [3.63, 3.8) is 0 Å². The summed E-state index contributed by atoms with van der Waals surface area (Å²) in [6.07, 6.45) is 2.89. The fraction of sp³-hybridized carbons (Fsp3) is 0.105. The number of aromatic hydroxyl groups is 1. The number of carbonyl (C=O) groups excluding carboxylic acids is 1. The van der Waals surface area contributed by atoms with Crippen LogP contribution in [0.5, 0.6) is 5.75 Å². The van der Waals surface area contributed by atoms with E-state index in [0.717, 1.165) is 28.0 Å². The van der Waals surface area contributed by atoms with Gasteiger partial charge in [-0.15, -0.1) is 0 Å². The fourth-order valence-electron chi connectivity index (χ4n) is 2.46. The Morgan fingerprint density at radius 2 is 1.93 bits per heavy atom. The zero-order valence-electron chi connectivity index (χ0n) is 15.5. The molecule has 1 fully saturated rings. The fourth-order valence-corrected chi connectivity index (χ4v) is 3.63. The Morgan fingerprint density at radius 3 is 2.55 bits per heavy atom. The second-order valence-electron chi connectivity index (χ2n) is 6.22. The van der Waals surface area contributed by atoms with E-state index >= 15 is 0 Å². The molecule has 0 atom stereocenters. The predicted molar refractivity (Wildman–Crippen MR) is 118 cm³/mol. The van der Waals surface area contributed by atoms with Gasteiger partial charge in [-0.3, -0.25) is 14.9 Å². The van der Waals surface area contributed by atoms with Crippen molar-refractivity contribution in [2.24, 2.45) is 5.10 Å². The van der Waals surface area contributed by atoms with Crippen molar-refractivity contribution in [1.29, 1.82) is 0 Å². The molecule has 3 rings (SSSR count). The molecule has 1 heterocycles. The molecule has 0 saturated carbocycles. The van der Waals surface area contributed by atoms with Crippen molar-refractivity contribution in [3.8, 4) is 5.75 Å². The molecular weight excluding hydrogens is 412 g/mol. The lowest BCUT2D eigenvalue weighted by Crippen LogP contribution is -2.22. The molecule has 8 nitrogen and oxygen atoms in total. The zero-order valence-corrected chi connectivity index (χ0v) is 17.1. The van der Waals surface area contributed by atoms with E-state index in [1.165, 1.54) is 24.4 Å². The number of phenolic OH excluding ortho intramolecular Hbond substituents is 1. The number of phenols is 1. The maximum Gasteiger partial charge on any atom is 0.286 e. The van der Waals surface area contributed by atoms with Crippen LogP contribution in [0.4, 0.5) is 11.4 Å². The summed E-state index contributed by atoms with van der Waals surface area (Å²) in [5.41, 5.74) is 1.79. The third-order valence-electron chi connectivity index (χ3n) is 4.01. The van der Waals surface area contributed by atoms with E-state index < -0.39 is 10.8 Å². The Bertz CT molecular complexity index is 1050. The molecule has 10 heteroatoms. The van der Waals surface area contributed by atoms with Crippen LogP contribution < -0.4 is 4.90 Å². The van der Waals surface area contributed by atoms with E-state index in [1.54, 1.807) is 6.08 Å². The van der Waals surface area contributed by atoms with Gasteiger partial charge in [0.25, 0.3) is 11.6 Å². The van der Waals surface area contributed by atoms with Gasteiger partial charge < -0.3 is 10.0 Å². The molecule has 0 radical (unpaired) electrons. The molecule has 1 aliphatic heterocycles. The summed E-state index contributed by atoms with van der Waals surface area (Å²) in [4.78, 5) is 25.3. The van der Waals surface area contributed by atoms with E-state index in [2.05, 4.69) is 5.10 Å². The monoisotopic (exact) mass is 428 g/mol. The Hall–Kier alpha value is -3.24. The van der Waals surface area contributed by atoms with Crippen LogP contribution in [0.3, 0.4) is 0 Å². The molecule has 1 aliphatic rings. The van der Waals surface area contributed by atoms with E-state index in [1.807, 2.05) is 43.3 Å². The third kappa shape index (κ3) is 4.61. The molecule has 148 valence electrons. The Balaban J connectivity index is 1.81. The highest BCUT2D eigenvalue weighted by molar-refractivity contribution is 8.26. The smallest absolute Gasteiger partial charge is 0.286 e. The maximum atomic E-state index is 12.6. The topological polar surface area (TPSA) is 99.3 Å². The lowest BCUT2D eigenvalue weighted by Gasteiger charge is -2.11. The lowest BCUT2D eigenvalue weighted by molar-refractivity contribution is -0.384. The summed E-state index contributed by atoms with van der Waals surface area (Å²) in [7, 11) is 3.88. The van der Waals surface area contributed by atoms with Crippen LogP contribution in [0.1, 0.15) is 11.1 Å². The van der Waals surface area contributed by atoms with Gasteiger partial charge in [0.1, 0.15) is 5.75 Å². The van der Waals surface area contributed by atoms with Crippen LogP contribution in [0, 0.1) is 10.1 Å². The highest BCUT2D eigenvalue weighted by Gasteiger charge is 2.32. The second kappa shape index (κ2) is 8.41. The quantitative estimate of drug-likeness (QED) is 0.255. The molecule has 0 aliphatic carbocycles. The minimum atomic E-state index is -0.583. The number of thiocarbonyl (C=S) groups is 1. The summed E-state index contributed by atoms with van der Waals surface area (Å²) < 4.78 is 0.229. The largest absolute Gasteiger partial charge is 0.507 e. The number of hydrazone groups is 1. The zero-order chi connectivity index (χ0) is 21.1. The molecular formula is C19H16N4O4S2. The van der Waals surface area contributed by atoms with Gasteiger partial charge in [0.2, 0.25) is 0 Å². The molecule has 1 N–H and O–H groups in total. The Labute approximate surface area is 176 Å². The SMILES string of the molecule is CN(C)c1ccc(C=C2SC(=S)N(N=Cc3cc([N+](=O)[O-])ccc3O)C2=O)cc1. The average molecular weight is 428 g/mol. The predicted octanol–water partition coefficient (Wildman–Crippen LogP) is 3.60. The number of thioether (sulfide) groups is 1. The molecule has 0 bridgehead atoms. The molecule has 0 spiro atoms. The Kier molecular flexibility index (Phi) is 5.95. The number of amides is 1. The number of non-ortho nitro benzene ring substituents is 1. The number of nitro benzene ring substituents is 1. The number of benzene rings is 2. The number of anilines is 1. The number of carbonyl (C=O) groups is 1. The summed E-state index contributed by atoms with van der Waals surface area (Å²) in [5, 5.41) is 25.8. The molecule has 1 amide bonds. The van der Waals surface area contributed by atoms with Crippen molar-refractivity contribution in [1.82, 2.24) is 5.01 Å². The minimum absolute atomic E-state index is 0.108. The van der Waals surface area contributed by atoms with E-state index in [0.29, 0.717) is 4.91 Å². The Morgan fingerprint density at radius 1 is 1.24 bits per heavy atom. The van der Waals surface area contributed by atoms with Crippen LogP contribution in [-0.2, 0) is 4.79 Å². The molecule has 2 aromatic carbocycles. The van der Waals surface area contributed by atoms with Crippen molar-refractivity contribution in [3.05, 3.63) is 68.6 Å². The van der Waals surface area contributed by atoms with Gasteiger partial charge in [0, 0.05) is 37.5 Å². The van der Waals surface area contributed by atoms with Gasteiger partial charge in [0.15, 0.2) is 4.32 Å².